The summed E-state index contributed by atoms with van der Waals surface area (Å²) >= 11 is 0. The highest BCUT2D eigenvalue weighted by Crippen LogP contribution is 2.35. The second kappa shape index (κ2) is 6.27. The quantitative estimate of drug-likeness (QED) is 0.814. The number of hydrogen-bond donors (Lipinski definition) is 0. The number of hydrogen-bond acceptors (Lipinski definition) is 7. The van der Waals surface area contributed by atoms with Crippen LogP contribution in [0.5, 0.6) is 5.88 Å². The molecule has 3 heterocycles. The standard InChI is InChI=1S/C14H20N6O2/c1-4-22-13-6-12(15-8-16-13)20-7-10(21-3)5-11(20)14-18-17-9-19(14)2/h6,8-11H,4-5,7H2,1-3H3/t10-,11+/m1/s1. The van der Waals surface area contributed by atoms with E-state index in [4.69, 9.17) is 9.47 Å². The first-order valence-corrected chi connectivity index (χ1v) is 7.31. The molecule has 2 aromatic rings. The van der Waals surface area contributed by atoms with Gasteiger partial charge in [-0.05, 0) is 6.92 Å². The lowest BCUT2D eigenvalue weighted by molar-refractivity contribution is 0.118. The molecule has 22 heavy (non-hydrogen) atoms. The van der Waals surface area contributed by atoms with Gasteiger partial charge in [0.15, 0.2) is 5.82 Å². The van der Waals surface area contributed by atoms with Crippen LogP contribution in [0.15, 0.2) is 18.7 Å². The van der Waals surface area contributed by atoms with Crippen LogP contribution in [-0.2, 0) is 11.8 Å². The number of aromatic nitrogens is 5. The fourth-order valence-electron chi connectivity index (χ4n) is 2.77. The number of ether oxygens (including phenoxy) is 2. The molecule has 0 amide bonds. The molecule has 0 aliphatic carbocycles. The molecule has 0 unspecified atom stereocenters. The van der Waals surface area contributed by atoms with E-state index >= 15 is 0 Å². The minimum absolute atomic E-state index is 0.0711. The van der Waals surface area contributed by atoms with Gasteiger partial charge in [0, 0.05) is 33.2 Å². The molecular formula is C14H20N6O2. The zero-order valence-electron chi connectivity index (χ0n) is 13.0. The Bertz CT molecular complexity index is 631. The Morgan fingerprint density at radius 3 is 2.91 bits per heavy atom. The van der Waals surface area contributed by atoms with Crippen LogP contribution in [0.4, 0.5) is 5.82 Å². The van der Waals surface area contributed by atoms with Crippen LogP contribution in [0, 0.1) is 0 Å². The maximum atomic E-state index is 5.54. The third-order valence-electron chi connectivity index (χ3n) is 3.85. The molecule has 0 spiro atoms. The van der Waals surface area contributed by atoms with Crippen molar-refractivity contribution in [2.24, 2.45) is 7.05 Å². The van der Waals surface area contributed by atoms with Crippen LogP contribution in [0.2, 0.25) is 0 Å². The van der Waals surface area contributed by atoms with Gasteiger partial charge in [-0.3, -0.25) is 0 Å². The number of aryl methyl sites for hydroxylation is 1. The molecule has 3 rings (SSSR count). The van der Waals surface area contributed by atoms with E-state index in [2.05, 4.69) is 25.1 Å². The van der Waals surface area contributed by atoms with Crippen molar-refractivity contribution in [2.45, 2.75) is 25.5 Å². The van der Waals surface area contributed by atoms with Crippen molar-refractivity contribution in [3.05, 3.63) is 24.5 Å². The number of anilines is 1. The Kier molecular flexibility index (Phi) is 4.19. The number of nitrogens with zero attached hydrogens (tertiary/aromatic N) is 6. The highest BCUT2D eigenvalue weighted by atomic mass is 16.5. The van der Waals surface area contributed by atoms with Crippen LogP contribution in [0.1, 0.15) is 25.2 Å². The van der Waals surface area contributed by atoms with Gasteiger partial charge in [0.05, 0.1) is 18.8 Å². The molecule has 1 aliphatic rings. The largest absolute Gasteiger partial charge is 0.478 e. The average molecular weight is 304 g/mol. The topological polar surface area (TPSA) is 78.2 Å². The Hall–Kier alpha value is -2.22. The number of rotatable bonds is 5. The van der Waals surface area contributed by atoms with Crippen molar-refractivity contribution in [3.63, 3.8) is 0 Å². The second-order valence-electron chi connectivity index (χ2n) is 5.21. The summed E-state index contributed by atoms with van der Waals surface area (Å²) in [6.45, 7) is 3.25. The maximum Gasteiger partial charge on any atom is 0.218 e. The highest BCUT2D eigenvalue weighted by Gasteiger charge is 2.36. The van der Waals surface area contributed by atoms with Gasteiger partial charge in [0.2, 0.25) is 5.88 Å². The van der Waals surface area contributed by atoms with Gasteiger partial charge in [-0.15, -0.1) is 10.2 Å². The van der Waals surface area contributed by atoms with Crippen molar-refractivity contribution >= 4 is 5.82 Å². The van der Waals surface area contributed by atoms with Crippen LogP contribution in [0.25, 0.3) is 0 Å². The Labute approximate surface area is 129 Å². The minimum atomic E-state index is 0.0711. The van der Waals surface area contributed by atoms with E-state index in [0.717, 1.165) is 24.6 Å². The van der Waals surface area contributed by atoms with E-state index in [-0.39, 0.29) is 12.1 Å². The molecular weight excluding hydrogens is 284 g/mol. The highest BCUT2D eigenvalue weighted by molar-refractivity contribution is 5.44. The minimum Gasteiger partial charge on any atom is -0.478 e. The molecule has 8 heteroatoms. The molecule has 0 bridgehead atoms. The van der Waals surface area contributed by atoms with Gasteiger partial charge >= 0.3 is 0 Å². The van der Waals surface area contributed by atoms with E-state index in [1.165, 1.54) is 6.33 Å². The van der Waals surface area contributed by atoms with Crippen molar-refractivity contribution in [2.75, 3.05) is 25.2 Å². The molecule has 118 valence electrons. The molecule has 1 saturated heterocycles. The smallest absolute Gasteiger partial charge is 0.218 e. The fourth-order valence-corrected chi connectivity index (χ4v) is 2.77. The fraction of sp³-hybridized carbons (Fsp3) is 0.571. The van der Waals surface area contributed by atoms with E-state index < -0.39 is 0 Å². The predicted octanol–water partition coefficient (Wildman–Crippen LogP) is 0.970. The third-order valence-corrected chi connectivity index (χ3v) is 3.85. The molecule has 0 radical (unpaired) electrons. The molecule has 0 N–H and O–H groups in total. The summed E-state index contributed by atoms with van der Waals surface area (Å²) in [5.74, 6) is 2.28. The average Bonchev–Trinajstić information content (AvgIpc) is 3.13. The molecule has 2 atom stereocenters. The third kappa shape index (κ3) is 2.74. The molecule has 2 aromatic heterocycles. The Balaban J connectivity index is 1.92. The SMILES string of the molecule is CCOc1cc(N2C[C@H](OC)C[C@H]2c2nncn2C)ncn1. The van der Waals surface area contributed by atoms with E-state index in [0.29, 0.717) is 12.5 Å². The van der Waals surface area contributed by atoms with Crippen LogP contribution in [0.3, 0.4) is 0 Å². The lowest BCUT2D eigenvalue weighted by Crippen LogP contribution is -2.27. The van der Waals surface area contributed by atoms with E-state index in [1.54, 1.807) is 13.4 Å². The summed E-state index contributed by atoms with van der Waals surface area (Å²) in [5.41, 5.74) is 0. The van der Waals surface area contributed by atoms with Crippen LogP contribution >= 0.6 is 0 Å². The second-order valence-corrected chi connectivity index (χ2v) is 5.21. The lowest BCUT2D eigenvalue weighted by Gasteiger charge is -2.24. The summed E-state index contributed by atoms with van der Waals surface area (Å²) in [4.78, 5) is 10.7. The summed E-state index contributed by atoms with van der Waals surface area (Å²) in [6, 6.07) is 1.92. The first-order valence-electron chi connectivity index (χ1n) is 7.31. The monoisotopic (exact) mass is 304 g/mol. The normalized spacial score (nSPS) is 21.3. The van der Waals surface area contributed by atoms with Gasteiger partial charge in [0.1, 0.15) is 18.5 Å². The van der Waals surface area contributed by atoms with Crippen LogP contribution in [-0.4, -0.2) is 51.1 Å². The summed E-state index contributed by atoms with van der Waals surface area (Å²) < 4.78 is 12.9. The van der Waals surface area contributed by atoms with Gasteiger partial charge in [-0.25, -0.2) is 9.97 Å². The lowest BCUT2D eigenvalue weighted by atomic mass is 10.2. The molecule has 0 saturated carbocycles. The van der Waals surface area contributed by atoms with Crippen molar-refractivity contribution in [1.82, 2.24) is 24.7 Å². The Morgan fingerprint density at radius 1 is 1.36 bits per heavy atom. The molecule has 1 aliphatic heterocycles. The predicted molar refractivity (Wildman–Crippen MR) is 79.7 cm³/mol. The summed E-state index contributed by atoms with van der Waals surface area (Å²) in [6.07, 6.45) is 4.21. The molecule has 8 nitrogen and oxygen atoms in total. The van der Waals surface area contributed by atoms with Gasteiger partial charge < -0.3 is 18.9 Å². The van der Waals surface area contributed by atoms with Crippen molar-refractivity contribution in [1.29, 1.82) is 0 Å². The number of methoxy groups -OCH3 is 1. The zero-order chi connectivity index (χ0) is 15.5. The van der Waals surface area contributed by atoms with Crippen molar-refractivity contribution < 1.29 is 9.47 Å². The Morgan fingerprint density at radius 2 is 2.23 bits per heavy atom. The van der Waals surface area contributed by atoms with Crippen LogP contribution < -0.4 is 9.64 Å². The van der Waals surface area contributed by atoms with Gasteiger partial charge in [-0.2, -0.15) is 0 Å². The van der Waals surface area contributed by atoms with Gasteiger partial charge in [-0.1, -0.05) is 0 Å². The van der Waals surface area contributed by atoms with E-state index in [1.807, 2.05) is 24.6 Å². The molecule has 0 aromatic carbocycles. The van der Waals surface area contributed by atoms with Gasteiger partial charge in [0.25, 0.3) is 0 Å². The van der Waals surface area contributed by atoms with Crippen molar-refractivity contribution in [3.8, 4) is 5.88 Å². The first kappa shape index (κ1) is 14.7. The summed E-state index contributed by atoms with van der Waals surface area (Å²) in [7, 11) is 3.67. The first-order chi connectivity index (χ1) is 10.7. The maximum absolute atomic E-state index is 5.54. The van der Waals surface area contributed by atoms with E-state index in [9.17, 15) is 0 Å². The molecule has 1 fully saturated rings. The summed E-state index contributed by atoms with van der Waals surface area (Å²) in [5, 5.41) is 8.22. The zero-order valence-corrected chi connectivity index (χ0v) is 13.0.